The smallest absolute Gasteiger partial charge is 0.410 e. The molecule has 1 amide bonds. The molecule has 5 aromatic carbocycles. The van der Waals surface area contributed by atoms with Crippen molar-refractivity contribution >= 4 is 34.1 Å². The number of fused-ring (bicyclic) bond motifs is 2. The number of rotatable bonds is 12. The van der Waals surface area contributed by atoms with Crippen molar-refractivity contribution < 1.29 is 19.0 Å². The number of carbonyl (C=O) groups is 1. The van der Waals surface area contributed by atoms with Gasteiger partial charge in [-0.25, -0.2) is 19.4 Å². The minimum Gasteiger partial charge on any atom is -0.475 e. The lowest BCUT2D eigenvalue weighted by atomic mass is 9.77. The van der Waals surface area contributed by atoms with E-state index in [0.29, 0.717) is 23.7 Å². The summed E-state index contributed by atoms with van der Waals surface area (Å²) < 4.78 is 19.6. The van der Waals surface area contributed by atoms with Crippen molar-refractivity contribution in [2.75, 3.05) is 62.2 Å². The molecule has 2 spiro atoms. The minimum atomic E-state index is -0.789. The van der Waals surface area contributed by atoms with Crippen LogP contribution in [0.5, 0.6) is 11.8 Å². The highest BCUT2D eigenvalue weighted by atomic mass is 16.6. The maximum Gasteiger partial charge on any atom is 0.410 e. The fourth-order valence-electron chi connectivity index (χ4n) is 13.2. The maximum absolute atomic E-state index is 13.0. The molecule has 0 radical (unpaired) electrons. The van der Waals surface area contributed by atoms with E-state index in [9.17, 15) is 4.79 Å². The SMILES string of the molecule is CC(C)Oc1ccc(-c2nn(C(c3ccccc3)(c3ccccc3)c3ccccc3)c3ccc(N4CCC5(CCN(C(=O)OC(C)(C)C)C5)C4)cc23)cn1.CC(C)Oc1ccc(C2=NCc3ccc(N4CCC5(CCNC5)C4)cc32)cn1. The number of carbonyl (C=O) groups excluding carboxylic acids is 1. The lowest BCUT2D eigenvalue weighted by molar-refractivity contribution is 0.0276. The second kappa shape index (κ2) is 22.4. The summed E-state index contributed by atoms with van der Waals surface area (Å²) in [5.74, 6) is 1.25. The molecular formula is C69H77N9O4. The zero-order valence-electron chi connectivity index (χ0n) is 48.6. The van der Waals surface area contributed by atoms with Crippen LogP contribution < -0.4 is 24.6 Å². The quantitative estimate of drug-likeness (QED) is 0.118. The molecule has 13 heteroatoms. The summed E-state index contributed by atoms with van der Waals surface area (Å²) in [6.07, 6.45) is 8.28. The number of aliphatic imine (C=N–C) groups is 1. The van der Waals surface area contributed by atoms with Gasteiger partial charge in [0.2, 0.25) is 11.8 Å². The van der Waals surface area contributed by atoms with E-state index in [1.807, 2.05) is 77.9 Å². The van der Waals surface area contributed by atoms with Gasteiger partial charge >= 0.3 is 6.09 Å². The first-order valence-corrected chi connectivity index (χ1v) is 29.5. The number of likely N-dealkylation sites (tertiary alicyclic amines) is 1. The Balaban J connectivity index is 0.000000198. The van der Waals surface area contributed by atoms with Crippen molar-refractivity contribution in [1.29, 1.82) is 0 Å². The predicted octanol–water partition coefficient (Wildman–Crippen LogP) is 13.0. The molecule has 5 aliphatic heterocycles. The zero-order valence-corrected chi connectivity index (χ0v) is 48.6. The molecule has 13 nitrogen and oxygen atoms in total. The van der Waals surface area contributed by atoms with Crippen molar-refractivity contribution in [3.63, 3.8) is 0 Å². The van der Waals surface area contributed by atoms with Crippen molar-refractivity contribution in [2.45, 2.75) is 104 Å². The van der Waals surface area contributed by atoms with Crippen LogP contribution in [-0.4, -0.2) is 107 Å². The van der Waals surface area contributed by atoms with Gasteiger partial charge in [-0.2, -0.15) is 5.10 Å². The highest BCUT2D eigenvalue weighted by molar-refractivity contribution is 6.15. The van der Waals surface area contributed by atoms with E-state index < -0.39 is 11.1 Å². The Hall–Kier alpha value is -8.03. The van der Waals surface area contributed by atoms with Crippen LogP contribution in [-0.2, 0) is 16.8 Å². The molecule has 8 aromatic rings. The Labute approximate surface area is 483 Å². The highest BCUT2D eigenvalue weighted by Gasteiger charge is 2.47. The number of hydrogen-bond acceptors (Lipinski definition) is 11. The van der Waals surface area contributed by atoms with E-state index in [2.05, 4.69) is 164 Å². The summed E-state index contributed by atoms with van der Waals surface area (Å²) >= 11 is 0. The maximum atomic E-state index is 13.0. The monoisotopic (exact) mass is 1100 g/mol. The van der Waals surface area contributed by atoms with Crippen molar-refractivity contribution in [2.24, 2.45) is 15.8 Å². The molecule has 422 valence electrons. The van der Waals surface area contributed by atoms with Gasteiger partial charge < -0.3 is 34.2 Å². The lowest BCUT2D eigenvalue weighted by Gasteiger charge is -2.37. The average molecular weight is 1100 g/mol. The summed E-state index contributed by atoms with van der Waals surface area (Å²) in [6, 6.07) is 53.7. The van der Waals surface area contributed by atoms with Crippen molar-refractivity contribution in [3.8, 4) is 23.0 Å². The molecule has 8 heterocycles. The number of amides is 1. The fourth-order valence-corrected chi connectivity index (χ4v) is 13.2. The molecule has 5 aliphatic rings. The standard InChI is InChI=1S/C46H49N5O3.C23H28N4O/c1-33(2)53-41-24-21-34(30-47-41)42-39-29-38(49-27-25-45(31-49)26-28-50(32-45)43(52)54-44(3,4)5)22-23-40(39)51(48-42)46(35-15-9-6-10-16-35,36-17-11-7-12-18-36)37-19-13-8-14-20-37;1-16(2)28-21-6-4-18(13-25-21)22-20-11-19(5-3-17(20)12-26-22)27-10-8-23(15-27)7-9-24-14-23/h6-24,29-30,33H,25-28,31-32H2,1-5H3;3-6,11,13,16,24H,7-10,12,14-15H2,1-2H3. The molecule has 4 saturated heterocycles. The largest absolute Gasteiger partial charge is 0.475 e. The third kappa shape index (κ3) is 10.9. The molecular weight excluding hydrogens is 1020 g/mol. The number of nitrogens with zero attached hydrogens (tertiary/aromatic N) is 8. The Bertz CT molecular complexity index is 3460. The minimum absolute atomic E-state index is 0.0222. The molecule has 4 fully saturated rings. The van der Waals surface area contributed by atoms with Gasteiger partial charge in [0.1, 0.15) is 16.8 Å². The van der Waals surface area contributed by atoms with E-state index in [1.165, 1.54) is 36.2 Å². The summed E-state index contributed by atoms with van der Waals surface area (Å²) in [6.45, 7) is 22.4. The van der Waals surface area contributed by atoms with Gasteiger partial charge in [0, 0.05) is 115 Å². The molecule has 82 heavy (non-hydrogen) atoms. The molecule has 2 unspecified atom stereocenters. The topological polar surface area (TPSA) is 122 Å². The number of hydrogen-bond donors (Lipinski definition) is 1. The van der Waals surface area contributed by atoms with E-state index in [4.69, 9.17) is 29.3 Å². The first-order valence-electron chi connectivity index (χ1n) is 29.5. The van der Waals surface area contributed by atoms with Crippen molar-refractivity contribution in [3.05, 3.63) is 197 Å². The Morgan fingerprint density at radius 2 is 1.17 bits per heavy atom. The summed E-state index contributed by atoms with van der Waals surface area (Å²) in [7, 11) is 0. The third-order valence-electron chi connectivity index (χ3n) is 17.1. The summed E-state index contributed by atoms with van der Waals surface area (Å²) in [4.78, 5) is 33.9. The third-order valence-corrected chi connectivity index (χ3v) is 17.1. The molecule has 3 aromatic heterocycles. The van der Waals surface area contributed by atoms with E-state index >= 15 is 0 Å². The fraction of sp³-hybridized carbons (Fsp3) is 0.377. The number of aromatic nitrogens is 4. The van der Waals surface area contributed by atoms with Crippen LogP contribution in [0.25, 0.3) is 22.2 Å². The zero-order chi connectivity index (χ0) is 56.6. The average Bonchev–Trinajstić information content (AvgIpc) is 4.49. The van der Waals surface area contributed by atoms with Gasteiger partial charge in [-0.15, -0.1) is 0 Å². The van der Waals surface area contributed by atoms with Gasteiger partial charge in [-0.3, -0.25) is 4.99 Å². The summed E-state index contributed by atoms with van der Waals surface area (Å²) in [5.41, 5.74) is 12.5. The van der Waals surface area contributed by atoms with Crippen LogP contribution in [0.4, 0.5) is 16.2 Å². The highest BCUT2D eigenvalue weighted by Crippen LogP contribution is 2.47. The first kappa shape index (κ1) is 54.6. The Kier molecular flexibility index (Phi) is 14.9. The Morgan fingerprint density at radius 3 is 1.73 bits per heavy atom. The Morgan fingerprint density at radius 1 is 0.610 bits per heavy atom. The number of nitrogens with one attached hydrogen (secondary N) is 1. The molecule has 0 saturated carbocycles. The van der Waals surface area contributed by atoms with Gasteiger partial charge in [0.05, 0.1) is 30.0 Å². The van der Waals surface area contributed by atoms with Gasteiger partial charge in [0.25, 0.3) is 0 Å². The molecule has 13 rings (SSSR count). The van der Waals surface area contributed by atoms with Crippen LogP contribution in [0.2, 0.25) is 0 Å². The first-order chi connectivity index (χ1) is 39.7. The summed E-state index contributed by atoms with van der Waals surface area (Å²) in [5, 5.41) is 10.2. The van der Waals surface area contributed by atoms with Crippen LogP contribution >= 0.6 is 0 Å². The van der Waals surface area contributed by atoms with Crippen molar-refractivity contribution in [1.82, 2.24) is 30.0 Å². The second-order valence-corrected chi connectivity index (χ2v) is 24.8. The number of anilines is 2. The molecule has 0 bridgehead atoms. The normalized spacial score (nSPS) is 19.6. The van der Waals surface area contributed by atoms with Crippen LogP contribution in [0.1, 0.15) is 108 Å². The van der Waals surface area contributed by atoms with Gasteiger partial charge in [-0.05, 0) is 145 Å². The van der Waals surface area contributed by atoms with Crippen LogP contribution in [0, 0.1) is 10.8 Å². The molecule has 2 atom stereocenters. The number of pyridine rings is 2. The lowest BCUT2D eigenvalue weighted by Crippen LogP contribution is -2.38. The molecule has 0 aliphatic carbocycles. The van der Waals surface area contributed by atoms with Crippen LogP contribution in [0.15, 0.2) is 169 Å². The molecule has 1 N–H and O–H groups in total. The van der Waals surface area contributed by atoms with Gasteiger partial charge in [0.15, 0.2) is 0 Å². The predicted molar refractivity (Wildman–Crippen MR) is 328 cm³/mol. The number of benzene rings is 5. The van der Waals surface area contributed by atoms with Gasteiger partial charge in [-0.1, -0.05) is 97.1 Å². The second-order valence-electron chi connectivity index (χ2n) is 24.8. The van der Waals surface area contributed by atoms with Crippen LogP contribution in [0.3, 0.4) is 0 Å². The van der Waals surface area contributed by atoms with E-state index in [1.54, 1.807) is 0 Å². The van der Waals surface area contributed by atoms with E-state index in [-0.39, 0.29) is 23.7 Å². The van der Waals surface area contributed by atoms with E-state index in [0.717, 1.165) is 114 Å². The number of ether oxygens (including phenoxy) is 3.